The highest BCUT2D eigenvalue weighted by Crippen LogP contribution is 2.38. The molecule has 0 radical (unpaired) electrons. The predicted octanol–water partition coefficient (Wildman–Crippen LogP) is 0.997. The first kappa shape index (κ1) is 14.5. The van der Waals surface area contributed by atoms with E-state index in [9.17, 15) is 4.79 Å². The second-order valence-corrected chi connectivity index (χ2v) is 5.42. The van der Waals surface area contributed by atoms with Crippen LogP contribution in [0.2, 0.25) is 0 Å². The van der Waals surface area contributed by atoms with Crippen LogP contribution in [-0.2, 0) is 4.79 Å². The van der Waals surface area contributed by atoms with Crippen molar-refractivity contribution in [2.45, 2.75) is 45.4 Å². The Balaban J connectivity index is 2.40. The van der Waals surface area contributed by atoms with Crippen LogP contribution in [0.25, 0.3) is 0 Å². The molecule has 0 spiro atoms. The first-order chi connectivity index (χ1) is 8.14. The van der Waals surface area contributed by atoms with Gasteiger partial charge in [0.25, 0.3) is 0 Å². The highest BCUT2D eigenvalue weighted by atomic mass is 16.2. The van der Waals surface area contributed by atoms with Crippen molar-refractivity contribution < 1.29 is 4.79 Å². The Morgan fingerprint density at radius 1 is 1.29 bits per heavy atom. The third-order valence-electron chi connectivity index (χ3n) is 4.02. The average Bonchev–Trinajstić information content (AvgIpc) is 2.36. The van der Waals surface area contributed by atoms with Crippen molar-refractivity contribution in [1.82, 2.24) is 5.32 Å². The number of nitrogens with two attached hydrogens (primary N) is 2. The van der Waals surface area contributed by atoms with Gasteiger partial charge in [0.05, 0.1) is 5.41 Å². The van der Waals surface area contributed by atoms with Gasteiger partial charge in [-0.2, -0.15) is 0 Å². The van der Waals surface area contributed by atoms with Crippen molar-refractivity contribution in [3.05, 3.63) is 0 Å². The Kier molecular flexibility index (Phi) is 5.92. The largest absolute Gasteiger partial charge is 0.356 e. The van der Waals surface area contributed by atoms with E-state index in [1.54, 1.807) is 0 Å². The Bertz CT molecular complexity index is 235. The van der Waals surface area contributed by atoms with E-state index in [4.69, 9.17) is 11.5 Å². The van der Waals surface area contributed by atoms with Gasteiger partial charge < -0.3 is 16.8 Å². The topological polar surface area (TPSA) is 81.1 Å². The molecule has 0 saturated heterocycles. The van der Waals surface area contributed by atoms with Crippen molar-refractivity contribution >= 4 is 5.91 Å². The van der Waals surface area contributed by atoms with E-state index in [0.29, 0.717) is 13.1 Å². The van der Waals surface area contributed by atoms with Crippen LogP contribution in [0.1, 0.15) is 45.4 Å². The number of unbranched alkanes of at least 4 members (excludes halogenated alkanes) is 1. The first-order valence-electron chi connectivity index (χ1n) is 6.83. The van der Waals surface area contributed by atoms with Crippen molar-refractivity contribution in [2.75, 3.05) is 19.6 Å². The maximum Gasteiger partial charge on any atom is 0.227 e. The van der Waals surface area contributed by atoms with Gasteiger partial charge in [-0.25, -0.2) is 0 Å². The zero-order chi connectivity index (χ0) is 12.7. The second-order valence-electron chi connectivity index (χ2n) is 5.42. The van der Waals surface area contributed by atoms with Crippen LogP contribution >= 0.6 is 0 Å². The monoisotopic (exact) mass is 241 g/mol. The zero-order valence-corrected chi connectivity index (χ0v) is 11.0. The Morgan fingerprint density at radius 2 is 1.94 bits per heavy atom. The van der Waals surface area contributed by atoms with Gasteiger partial charge in [0, 0.05) is 13.1 Å². The highest BCUT2D eigenvalue weighted by Gasteiger charge is 2.39. The highest BCUT2D eigenvalue weighted by molar-refractivity contribution is 5.83. The zero-order valence-electron chi connectivity index (χ0n) is 11.0. The van der Waals surface area contributed by atoms with Gasteiger partial charge in [-0.15, -0.1) is 0 Å². The summed E-state index contributed by atoms with van der Waals surface area (Å²) in [5, 5.41) is 3.02. The fraction of sp³-hybridized carbons (Fsp3) is 0.923. The minimum absolute atomic E-state index is 0.156. The minimum Gasteiger partial charge on any atom is -0.356 e. The van der Waals surface area contributed by atoms with Gasteiger partial charge in [0.15, 0.2) is 0 Å². The summed E-state index contributed by atoms with van der Waals surface area (Å²) in [7, 11) is 0. The third-order valence-corrected chi connectivity index (χ3v) is 4.02. The van der Waals surface area contributed by atoms with Gasteiger partial charge in [-0.3, -0.25) is 4.79 Å². The molecule has 1 fully saturated rings. The predicted molar refractivity (Wildman–Crippen MR) is 70.4 cm³/mol. The number of rotatable bonds is 6. The van der Waals surface area contributed by atoms with E-state index in [1.165, 1.54) is 0 Å². The van der Waals surface area contributed by atoms with Crippen molar-refractivity contribution in [1.29, 1.82) is 0 Å². The van der Waals surface area contributed by atoms with Crippen LogP contribution in [0.15, 0.2) is 0 Å². The van der Waals surface area contributed by atoms with E-state index < -0.39 is 0 Å². The minimum atomic E-state index is -0.296. The molecular formula is C13H27N3O. The quantitative estimate of drug-likeness (QED) is 0.607. The summed E-state index contributed by atoms with van der Waals surface area (Å²) in [6, 6.07) is 0. The van der Waals surface area contributed by atoms with Crippen LogP contribution in [0.5, 0.6) is 0 Å². The number of nitrogens with one attached hydrogen (secondary N) is 1. The molecule has 0 aromatic rings. The molecule has 0 aromatic heterocycles. The lowest BCUT2D eigenvalue weighted by Crippen LogP contribution is -2.48. The fourth-order valence-electron chi connectivity index (χ4n) is 2.50. The van der Waals surface area contributed by atoms with Crippen molar-refractivity contribution in [3.8, 4) is 0 Å². The molecule has 100 valence electrons. The van der Waals surface area contributed by atoms with Gasteiger partial charge in [0.1, 0.15) is 0 Å². The van der Waals surface area contributed by atoms with Crippen LogP contribution in [0.3, 0.4) is 0 Å². The maximum absolute atomic E-state index is 12.2. The molecule has 1 saturated carbocycles. The molecule has 1 amide bonds. The Labute approximate surface area is 105 Å². The van der Waals surface area contributed by atoms with E-state index in [0.717, 1.165) is 51.0 Å². The Hall–Kier alpha value is -0.610. The summed E-state index contributed by atoms with van der Waals surface area (Å²) in [5.41, 5.74) is 11.0. The van der Waals surface area contributed by atoms with Crippen LogP contribution in [0, 0.1) is 11.3 Å². The lowest BCUT2D eigenvalue weighted by Gasteiger charge is -2.37. The molecule has 4 nitrogen and oxygen atoms in total. The Morgan fingerprint density at radius 3 is 2.47 bits per heavy atom. The van der Waals surface area contributed by atoms with Gasteiger partial charge in [0.2, 0.25) is 5.91 Å². The van der Waals surface area contributed by atoms with E-state index in [2.05, 4.69) is 12.2 Å². The van der Waals surface area contributed by atoms with Gasteiger partial charge in [-0.1, -0.05) is 6.92 Å². The number of carbonyl (C=O) groups excluding carboxylic acids is 1. The molecule has 0 aromatic carbocycles. The molecule has 0 aliphatic heterocycles. The molecule has 1 rings (SSSR count). The molecule has 1 aliphatic carbocycles. The lowest BCUT2D eigenvalue weighted by molar-refractivity contribution is -0.132. The molecule has 17 heavy (non-hydrogen) atoms. The number of hydrogen-bond acceptors (Lipinski definition) is 3. The smallest absolute Gasteiger partial charge is 0.227 e. The summed E-state index contributed by atoms with van der Waals surface area (Å²) in [4.78, 5) is 12.2. The molecule has 0 atom stereocenters. The van der Waals surface area contributed by atoms with Crippen molar-refractivity contribution in [3.63, 3.8) is 0 Å². The molecule has 0 bridgehead atoms. The van der Waals surface area contributed by atoms with E-state index in [-0.39, 0.29) is 11.3 Å². The molecule has 4 heteroatoms. The number of hydrogen-bond donors (Lipinski definition) is 3. The lowest BCUT2D eigenvalue weighted by atomic mass is 9.70. The summed E-state index contributed by atoms with van der Waals surface area (Å²) >= 11 is 0. The molecule has 0 unspecified atom stereocenters. The third kappa shape index (κ3) is 3.96. The first-order valence-corrected chi connectivity index (χ1v) is 6.83. The molecule has 0 heterocycles. The summed E-state index contributed by atoms with van der Waals surface area (Å²) in [6.45, 7) is 4.14. The van der Waals surface area contributed by atoms with Crippen LogP contribution in [0.4, 0.5) is 0 Å². The normalized spacial score (nSPS) is 29.0. The average molecular weight is 241 g/mol. The summed E-state index contributed by atoms with van der Waals surface area (Å²) < 4.78 is 0. The van der Waals surface area contributed by atoms with E-state index in [1.807, 2.05) is 0 Å². The molecule has 1 aliphatic rings. The SMILES string of the molecule is CC1CCC(CN)(C(=O)NCCCCN)CC1. The standard InChI is InChI=1S/C13H27N3O/c1-11-4-6-13(10-15,7-5-11)12(17)16-9-3-2-8-14/h11H,2-10,14-15H2,1H3,(H,16,17). The van der Waals surface area contributed by atoms with E-state index >= 15 is 0 Å². The number of amides is 1. The van der Waals surface area contributed by atoms with Crippen LogP contribution < -0.4 is 16.8 Å². The number of carbonyl (C=O) groups is 1. The summed E-state index contributed by atoms with van der Waals surface area (Å²) in [6.07, 6.45) is 6.04. The van der Waals surface area contributed by atoms with Crippen LogP contribution in [-0.4, -0.2) is 25.5 Å². The summed E-state index contributed by atoms with van der Waals surface area (Å²) in [5.74, 6) is 0.892. The van der Waals surface area contributed by atoms with Gasteiger partial charge in [-0.05, 0) is 51.0 Å². The van der Waals surface area contributed by atoms with Gasteiger partial charge >= 0.3 is 0 Å². The second kappa shape index (κ2) is 6.97. The molecule has 5 N–H and O–H groups in total. The van der Waals surface area contributed by atoms with Crippen molar-refractivity contribution in [2.24, 2.45) is 22.8 Å². The fourth-order valence-corrected chi connectivity index (χ4v) is 2.50. The molecular weight excluding hydrogens is 214 g/mol. The maximum atomic E-state index is 12.2.